The molecular weight excluding hydrogens is 218 g/mol. The van der Waals surface area contributed by atoms with Gasteiger partial charge >= 0.3 is 0 Å². The number of hydrogen-bond donors (Lipinski definition) is 1. The molecule has 2 N–H and O–H groups in total. The molecule has 96 valence electrons. The molecule has 0 atom stereocenters. The van der Waals surface area contributed by atoms with E-state index in [1.165, 1.54) is 0 Å². The van der Waals surface area contributed by atoms with Crippen molar-refractivity contribution in [1.82, 2.24) is 0 Å². The molecule has 0 fully saturated rings. The lowest BCUT2D eigenvalue weighted by molar-refractivity contribution is 0.186. The van der Waals surface area contributed by atoms with Crippen molar-refractivity contribution < 1.29 is 14.2 Å². The molecule has 17 heavy (non-hydrogen) atoms. The van der Waals surface area contributed by atoms with Crippen LogP contribution in [0.25, 0.3) is 0 Å². The maximum absolute atomic E-state index is 5.71. The summed E-state index contributed by atoms with van der Waals surface area (Å²) < 4.78 is 16.0. The third kappa shape index (κ3) is 4.15. The summed E-state index contributed by atoms with van der Waals surface area (Å²) in [6, 6.07) is 5.46. The van der Waals surface area contributed by atoms with E-state index in [2.05, 4.69) is 13.8 Å². The van der Waals surface area contributed by atoms with Gasteiger partial charge in [-0.2, -0.15) is 0 Å². The summed E-state index contributed by atoms with van der Waals surface area (Å²) >= 11 is 0. The maximum Gasteiger partial charge on any atom is 0.126 e. The van der Waals surface area contributed by atoms with Gasteiger partial charge in [0.1, 0.15) is 17.2 Å². The SMILES string of the molecule is COc1cc(OC)cc(OCC(C)(C)CN)c1. The van der Waals surface area contributed by atoms with Crippen LogP contribution in [-0.4, -0.2) is 27.4 Å². The monoisotopic (exact) mass is 239 g/mol. The van der Waals surface area contributed by atoms with Crippen LogP contribution in [0, 0.1) is 5.41 Å². The fraction of sp³-hybridized carbons (Fsp3) is 0.538. The van der Waals surface area contributed by atoms with Crippen molar-refractivity contribution in [2.24, 2.45) is 11.1 Å². The first-order valence-corrected chi connectivity index (χ1v) is 5.56. The van der Waals surface area contributed by atoms with Gasteiger partial charge in [-0.3, -0.25) is 0 Å². The third-order valence-electron chi connectivity index (χ3n) is 2.51. The first kappa shape index (κ1) is 13.6. The highest BCUT2D eigenvalue weighted by molar-refractivity contribution is 5.42. The molecule has 0 aliphatic heterocycles. The highest BCUT2D eigenvalue weighted by Gasteiger charge is 2.16. The van der Waals surface area contributed by atoms with Crippen molar-refractivity contribution in [3.8, 4) is 17.2 Å². The molecule has 1 rings (SSSR count). The molecule has 0 unspecified atom stereocenters. The van der Waals surface area contributed by atoms with Crippen molar-refractivity contribution in [3.05, 3.63) is 18.2 Å². The zero-order valence-corrected chi connectivity index (χ0v) is 10.9. The summed E-state index contributed by atoms with van der Waals surface area (Å²) in [5.41, 5.74) is 5.61. The Balaban J connectivity index is 2.76. The topological polar surface area (TPSA) is 53.7 Å². The van der Waals surface area contributed by atoms with Gasteiger partial charge in [-0.15, -0.1) is 0 Å². The minimum absolute atomic E-state index is 0.0453. The minimum atomic E-state index is -0.0453. The van der Waals surface area contributed by atoms with E-state index < -0.39 is 0 Å². The van der Waals surface area contributed by atoms with E-state index in [-0.39, 0.29) is 5.41 Å². The van der Waals surface area contributed by atoms with E-state index in [0.29, 0.717) is 24.7 Å². The first-order chi connectivity index (χ1) is 8.00. The highest BCUT2D eigenvalue weighted by atomic mass is 16.5. The van der Waals surface area contributed by atoms with E-state index in [0.717, 1.165) is 5.75 Å². The smallest absolute Gasteiger partial charge is 0.126 e. The fourth-order valence-electron chi connectivity index (χ4n) is 1.20. The molecule has 1 aromatic rings. The number of ether oxygens (including phenoxy) is 3. The number of methoxy groups -OCH3 is 2. The van der Waals surface area contributed by atoms with Crippen molar-refractivity contribution in [3.63, 3.8) is 0 Å². The van der Waals surface area contributed by atoms with Gasteiger partial charge < -0.3 is 19.9 Å². The second kappa shape index (κ2) is 5.77. The minimum Gasteiger partial charge on any atom is -0.496 e. The summed E-state index contributed by atoms with van der Waals surface area (Å²) in [4.78, 5) is 0. The number of nitrogens with two attached hydrogens (primary N) is 1. The molecule has 4 heteroatoms. The predicted octanol–water partition coefficient (Wildman–Crippen LogP) is 2.07. The molecule has 0 aliphatic rings. The Morgan fingerprint density at radius 2 is 1.47 bits per heavy atom. The average Bonchev–Trinajstić information content (AvgIpc) is 2.36. The van der Waals surface area contributed by atoms with E-state index in [4.69, 9.17) is 19.9 Å². The van der Waals surface area contributed by atoms with Crippen LogP contribution in [0.15, 0.2) is 18.2 Å². The Morgan fingerprint density at radius 1 is 1.00 bits per heavy atom. The Morgan fingerprint density at radius 3 is 1.88 bits per heavy atom. The molecule has 0 aromatic heterocycles. The molecule has 0 aliphatic carbocycles. The van der Waals surface area contributed by atoms with E-state index in [1.807, 2.05) is 12.1 Å². The largest absolute Gasteiger partial charge is 0.496 e. The van der Waals surface area contributed by atoms with Gasteiger partial charge in [0, 0.05) is 30.2 Å². The second-order valence-electron chi connectivity index (χ2n) is 4.71. The summed E-state index contributed by atoms with van der Waals surface area (Å²) in [6.07, 6.45) is 0. The molecule has 0 heterocycles. The van der Waals surface area contributed by atoms with Gasteiger partial charge in [-0.05, 0) is 0 Å². The van der Waals surface area contributed by atoms with Gasteiger partial charge in [-0.1, -0.05) is 13.8 Å². The Kier molecular flexibility index (Phi) is 4.63. The summed E-state index contributed by atoms with van der Waals surface area (Å²) in [7, 11) is 3.23. The first-order valence-electron chi connectivity index (χ1n) is 5.56. The molecule has 0 saturated heterocycles. The fourth-order valence-corrected chi connectivity index (χ4v) is 1.20. The third-order valence-corrected chi connectivity index (χ3v) is 2.51. The molecule has 4 nitrogen and oxygen atoms in total. The molecule has 1 aromatic carbocycles. The zero-order valence-electron chi connectivity index (χ0n) is 10.9. The Bertz CT molecular complexity index is 341. The van der Waals surface area contributed by atoms with Gasteiger partial charge in [0.05, 0.1) is 20.8 Å². The van der Waals surface area contributed by atoms with Crippen LogP contribution in [0.1, 0.15) is 13.8 Å². The summed E-state index contributed by atoms with van der Waals surface area (Å²) in [6.45, 7) is 5.25. The maximum atomic E-state index is 5.71. The van der Waals surface area contributed by atoms with E-state index >= 15 is 0 Å². The average molecular weight is 239 g/mol. The van der Waals surface area contributed by atoms with Crippen LogP contribution in [0.2, 0.25) is 0 Å². The molecule has 0 spiro atoms. The van der Waals surface area contributed by atoms with Crippen molar-refractivity contribution >= 4 is 0 Å². The van der Waals surface area contributed by atoms with Crippen molar-refractivity contribution in [1.29, 1.82) is 0 Å². The van der Waals surface area contributed by atoms with Gasteiger partial charge in [0.15, 0.2) is 0 Å². The van der Waals surface area contributed by atoms with Crippen LogP contribution in [-0.2, 0) is 0 Å². The summed E-state index contributed by atoms with van der Waals surface area (Å²) in [5, 5.41) is 0. The standard InChI is InChI=1S/C13H21NO3/c1-13(2,8-14)9-17-12-6-10(15-3)5-11(7-12)16-4/h5-7H,8-9,14H2,1-4H3. The predicted molar refractivity (Wildman–Crippen MR) is 67.9 cm³/mol. The van der Waals surface area contributed by atoms with Crippen LogP contribution in [0.4, 0.5) is 0 Å². The van der Waals surface area contributed by atoms with Gasteiger partial charge in [0.2, 0.25) is 0 Å². The Hall–Kier alpha value is -1.42. The normalized spacial score (nSPS) is 11.1. The van der Waals surface area contributed by atoms with Crippen LogP contribution >= 0.6 is 0 Å². The molecule has 0 bridgehead atoms. The Labute approximate surface area is 103 Å². The zero-order chi connectivity index (χ0) is 12.9. The van der Waals surface area contributed by atoms with E-state index in [9.17, 15) is 0 Å². The number of benzene rings is 1. The number of rotatable bonds is 6. The van der Waals surface area contributed by atoms with Gasteiger partial charge in [0.25, 0.3) is 0 Å². The van der Waals surface area contributed by atoms with Crippen LogP contribution in [0.3, 0.4) is 0 Å². The van der Waals surface area contributed by atoms with Crippen molar-refractivity contribution in [2.45, 2.75) is 13.8 Å². The highest BCUT2D eigenvalue weighted by Crippen LogP contribution is 2.28. The van der Waals surface area contributed by atoms with Crippen LogP contribution < -0.4 is 19.9 Å². The van der Waals surface area contributed by atoms with Gasteiger partial charge in [-0.25, -0.2) is 0 Å². The summed E-state index contributed by atoms with van der Waals surface area (Å²) in [5.74, 6) is 2.15. The molecular formula is C13H21NO3. The molecule has 0 amide bonds. The van der Waals surface area contributed by atoms with Crippen molar-refractivity contribution in [2.75, 3.05) is 27.4 Å². The van der Waals surface area contributed by atoms with Crippen LogP contribution in [0.5, 0.6) is 17.2 Å². The quantitative estimate of drug-likeness (QED) is 0.825. The molecule has 0 radical (unpaired) electrons. The lowest BCUT2D eigenvalue weighted by Crippen LogP contribution is -2.30. The second-order valence-corrected chi connectivity index (χ2v) is 4.71. The lowest BCUT2D eigenvalue weighted by Gasteiger charge is -2.22. The number of hydrogen-bond acceptors (Lipinski definition) is 4. The van der Waals surface area contributed by atoms with E-state index in [1.54, 1.807) is 20.3 Å². The lowest BCUT2D eigenvalue weighted by atomic mass is 9.95. The molecule has 0 saturated carbocycles.